The number of aromatic amines is 1. The Bertz CT molecular complexity index is 1310. The van der Waals surface area contributed by atoms with Crippen LogP contribution in [0.4, 0.5) is 10.5 Å². The van der Waals surface area contributed by atoms with Gasteiger partial charge in [-0.3, -0.25) is 9.59 Å². The molecule has 2 N–H and O–H groups in total. The van der Waals surface area contributed by atoms with Gasteiger partial charge in [-0.2, -0.15) is 0 Å². The zero-order valence-corrected chi connectivity index (χ0v) is 18.5. The number of rotatable bonds is 5. The van der Waals surface area contributed by atoms with Crippen molar-refractivity contribution in [2.24, 2.45) is 0 Å². The summed E-state index contributed by atoms with van der Waals surface area (Å²) in [6.45, 7) is 6.15. The third kappa shape index (κ3) is 2.94. The molecule has 0 spiro atoms. The van der Waals surface area contributed by atoms with Gasteiger partial charge < -0.3 is 19.9 Å². The lowest BCUT2D eigenvalue weighted by Crippen LogP contribution is -2.49. The maximum atomic E-state index is 13.7. The fourth-order valence-corrected chi connectivity index (χ4v) is 4.80. The summed E-state index contributed by atoms with van der Waals surface area (Å²) >= 11 is 0. The average Bonchev–Trinajstić information content (AvgIpc) is 3.30. The number of hydrogen-bond donors (Lipinski definition) is 2. The zero-order valence-electron chi connectivity index (χ0n) is 18.5. The van der Waals surface area contributed by atoms with Gasteiger partial charge in [-0.05, 0) is 61.4 Å². The van der Waals surface area contributed by atoms with E-state index in [4.69, 9.17) is 4.74 Å². The first kappa shape index (κ1) is 20.8. The molecule has 3 aromatic rings. The van der Waals surface area contributed by atoms with Gasteiger partial charge in [0.1, 0.15) is 5.75 Å². The average molecular weight is 444 g/mol. The van der Waals surface area contributed by atoms with Gasteiger partial charge in [-0.15, -0.1) is 6.58 Å². The van der Waals surface area contributed by atoms with E-state index in [0.717, 1.165) is 27.9 Å². The zero-order chi connectivity index (χ0) is 23.3. The second kappa shape index (κ2) is 7.51. The van der Waals surface area contributed by atoms with Crippen molar-refractivity contribution in [3.63, 3.8) is 0 Å². The van der Waals surface area contributed by atoms with Crippen LogP contribution in [0.3, 0.4) is 0 Å². The number of methoxy groups -OCH3 is 1. The lowest BCUT2D eigenvalue weighted by molar-refractivity contribution is -0.125. The minimum absolute atomic E-state index is 0.247. The molecule has 2 aliphatic rings. The van der Waals surface area contributed by atoms with Crippen LogP contribution >= 0.6 is 0 Å². The highest BCUT2D eigenvalue weighted by Gasteiger charge is 2.59. The lowest BCUT2D eigenvalue weighted by Gasteiger charge is -2.35. The molecule has 1 saturated heterocycles. The molecule has 0 radical (unpaired) electrons. The normalized spacial score (nSPS) is 19.5. The number of nitrogens with one attached hydrogen (secondary N) is 2. The van der Waals surface area contributed by atoms with E-state index in [-0.39, 0.29) is 17.8 Å². The van der Waals surface area contributed by atoms with Crippen LogP contribution in [0.1, 0.15) is 28.5 Å². The lowest BCUT2D eigenvalue weighted by atomic mass is 9.87. The number of hydrogen-bond acceptors (Lipinski definition) is 4. The minimum Gasteiger partial charge on any atom is -0.497 e. The molecule has 8 nitrogen and oxygen atoms in total. The molecule has 2 aliphatic heterocycles. The Balaban J connectivity index is 1.52. The topological polar surface area (TPSA) is 94.7 Å². The molecule has 5 rings (SSSR count). The van der Waals surface area contributed by atoms with Gasteiger partial charge in [0.15, 0.2) is 5.54 Å². The predicted octanol–water partition coefficient (Wildman–Crippen LogP) is 3.33. The Morgan fingerprint density at radius 2 is 2.00 bits per heavy atom. The number of anilines is 1. The van der Waals surface area contributed by atoms with Gasteiger partial charge in [0.05, 0.1) is 18.5 Å². The maximum Gasteiger partial charge on any atom is 0.332 e. The van der Waals surface area contributed by atoms with Crippen LogP contribution in [0.2, 0.25) is 0 Å². The fourth-order valence-electron chi connectivity index (χ4n) is 4.80. The number of imide groups is 1. The van der Waals surface area contributed by atoms with Crippen molar-refractivity contribution in [3.8, 4) is 5.75 Å². The molecule has 2 aromatic carbocycles. The van der Waals surface area contributed by atoms with Crippen LogP contribution in [0.5, 0.6) is 5.75 Å². The molecule has 1 fully saturated rings. The van der Waals surface area contributed by atoms with Crippen molar-refractivity contribution < 1.29 is 19.1 Å². The molecular weight excluding hydrogens is 420 g/mol. The van der Waals surface area contributed by atoms with Crippen molar-refractivity contribution in [2.75, 3.05) is 25.1 Å². The number of ether oxygens (including phenoxy) is 1. The number of benzene rings is 2. The van der Waals surface area contributed by atoms with Gasteiger partial charge in [-0.25, -0.2) is 9.69 Å². The summed E-state index contributed by atoms with van der Waals surface area (Å²) in [6, 6.07) is 11.8. The molecule has 33 heavy (non-hydrogen) atoms. The summed E-state index contributed by atoms with van der Waals surface area (Å²) in [4.78, 5) is 45.4. The van der Waals surface area contributed by atoms with Crippen molar-refractivity contribution >= 4 is 34.4 Å². The second-order valence-corrected chi connectivity index (χ2v) is 8.33. The first-order chi connectivity index (χ1) is 15.9. The monoisotopic (exact) mass is 444 g/mol. The van der Waals surface area contributed by atoms with Crippen molar-refractivity contribution in [2.45, 2.75) is 18.9 Å². The Hall–Kier alpha value is -4.07. The predicted molar refractivity (Wildman–Crippen MR) is 124 cm³/mol. The molecule has 0 aliphatic carbocycles. The molecular formula is C25H24N4O4. The van der Waals surface area contributed by atoms with E-state index in [9.17, 15) is 14.4 Å². The van der Waals surface area contributed by atoms with E-state index in [0.29, 0.717) is 30.8 Å². The summed E-state index contributed by atoms with van der Waals surface area (Å²) in [5.41, 5.74) is 2.39. The number of carbonyl (C=O) groups is 3. The summed E-state index contributed by atoms with van der Waals surface area (Å²) in [6.07, 6.45) is 2.23. The van der Waals surface area contributed by atoms with Crippen LogP contribution in [-0.2, 0) is 16.8 Å². The Morgan fingerprint density at radius 3 is 2.70 bits per heavy atom. The first-order valence-corrected chi connectivity index (χ1v) is 10.7. The van der Waals surface area contributed by atoms with Crippen molar-refractivity contribution in [3.05, 3.63) is 71.9 Å². The van der Waals surface area contributed by atoms with Crippen LogP contribution < -0.4 is 15.0 Å². The fraction of sp³-hybridized carbons (Fsp3) is 0.240. The first-order valence-electron chi connectivity index (χ1n) is 10.7. The van der Waals surface area contributed by atoms with E-state index < -0.39 is 5.54 Å². The van der Waals surface area contributed by atoms with E-state index >= 15 is 0 Å². The summed E-state index contributed by atoms with van der Waals surface area (Å²) < 4.78 is 5.37. The van der Waals surface area contributed by atoms with E-state index in [1.165, 1.54) is 4.90 Å². The Morgan fingerprint density at radius 1 is 1.24 bits per heavy atom. The van der Waals surface area contributed by atoms with E-state index in [1.54, 1.807) is 49.3 Å². The maximum absolute atomic E-state index is 13.7. The highest BCUT2D eigenvalue weighted by Crippen LogP contribution is 2.45. The second-order valence-electron chi connectivity index (χ2n) is 8.33. The number of amides is 4. The van der Waals surface area contributed by atoms with Crippen molar-refractivity contribution in [1.82, 2.24) is 15.2 Å². The van der Waals surface area contributed by atoms with E-state index in [2.05, 4.69) is 16.9 Å². The van der Waals surface area contributed by atoms with Crippen LogP contribution in [-0.4, -0.2) is 47.9 Å². The standard InChI is InChI=1S/C25H24N4O4/c1-4-12-26-22(30)15-5-7-16(8-6-15)29-23(31)25(2)21-18(11-13-28(25)24(29)32)19-14-17(33-3)9-10-20(19)27-21/h4-10,14,27H,1,11-13H2,2-3H3,(H,26,30)/t25-/m0/s1. The van der Waals surface area contributed by atoms with Gasteiger partial charge in [0.2, 0.25) is 0 Å². The third-order valence-electron chi connectivity index (χ3n) is 6.56. The molecule has 8 heteroatoms. The quantitative estimate of drug-likeness (QED) is 0.466. The van der Waals surface area contributed by atoms with Gasteiger partial charge in [-0.1, -0.05) is 6.08 Å². The number of nitrogens with zero attached hydrogens (tertiary/aromatic N) is 2. The summed E-state index contributed by atoms with van der Waals surface area (Å²) in [5.74, 6) is 0.170. The SMILES string of the molecule is C=CCNC(=O)c1ccc(N2C(=O)N3CCc4c([nH]c5ccc(OC)cc45)[C@@]3(C)C2=O)cc1. The van der Waals surface area contributed by atoms with Crippen LogP contribution in [0, 0.1) is 0 Å². The molecule has 1 aromatic heterocycles. The van der Waals surface area contributed by atoms with Gasteiger partial charge in [0.25, 0.3) is 11.8 Å². The Kier molecular flexibility index (Phi) is 4.74. The number of urea groups is 1. The largest absolute Gasteiger partial charge is 0.497 e. The molecule has 0 unspecified atom stereocenters. The van der Waals surface area contributed by atoms with Gasteiger partial charge >= 0.3 is 6.03 Å². The van der Waals surface area contributed by atoms with Gasteiger partial charge in [0, 0.05) is 29.6 Å². The highest BCUT2D eigenvalue weighted by molar-refractivity contribution is 6.23. The highest BCUT2D eigenvalue weighted by atomic mass is 16.5. The molecule has 0 saturated carbocycles. The Labute approximate surface area is 190 Å². The summed E-state index contributed by atoms with van der Waals surface area (Å²) in [5, 5.41) is 3.71. The van der Waals surface area contributed by atoms with Crippen LogP contribution in [0.25, 0.3) is 10.9 Å². The molecule has 168 valence electrons. The summed E-state index contributed by atoms with van der Waals surface area (Å²) in [7, 11) is 1.62. The smallest absolute Gasteiger partial charge is 0.332 e. The number of fused-ring (bicyclic) bond motifs is 5. The number of aromatic nitrogens is 1. The molecule has 3 heterocycles. The molecule has 4 amide bonds. The molecule has 0 bridgehead atoms. The molecule has 1 atom stereocenters. The van der Waals surface area contributed by atoms with Crippen LogP contribution in [0.15, 0.2) is 55.1 Å². The third-order valence-corrected chi connectivity index (χ3v) is 6.56. The number of carbonyl (C=O) groups excluding carboxylic acids is 3. The van der Waals surface area contributed by atoms with Crippen molar-refractivity contribution in [1.29, 1.82) is 0 Å². The number of H-pyrrole nitrogens is 1. The minimum atomic E-state index is -1.14. The van der Waals surface area contributed by atoms with E-state index in [1.807, 2.05) is 18.2 Å².